The molecule has 2 fully saturated rings. The van der Waals surface area contributed by atoms with Crippen LogP contribution in [0.1, 0.15) is 56.1 Å². The highest BCUT2D eigenvalue weighted by Crippen LogP contribution is 2.39. The van der Waals surface area contributed by atoms with E-state index in [1.807, 2.05) is 52.0 Å². The lowest BCUT2D eigenvalue weighted by atomic mass is 10.1. The Balaban J connectivity index is 0.000000336. The fourth-order valence-corrected chi connectivity index (χ4v) is 9.15. The molecule has 4 rings (SSSR count). The van der Waals surface area contributed by atoms with Crippen LogP contribution in [-0.4, -0.2) is 219 Å². The number of nitrogens with two attached hydrogens (primary N) is 1. The van der Waals surface area contributed by atoms with Crippen LogP contribution in [0.25, 0.3) is 0 Å². The van der Waals surface area contributed by atoms with E-state index in [9.17, 15) is 34.3 Å². The number of aliphatic hydroxyl groups is 4. The third-order valence-corrected chi connectivity index (χ3v) is 13.2. The summed E-state index contributed by atoms with van der Waals surface area (Å²) in [5, 5.41) is 47.6. The van der Waals surface area contributed by atoms with Crippen molar-refractivity contribution in [3.63, 3.8) is 0 Å². The molecular formula is C44H79N8O8PS. The Kier molecular flexibility index (Phi) is 23.8. The highest BCUT2D eigenvalue weighted by Gasteiger charge is 2.21. The van der Waals surface area contributed by atoms with Crippen molar-refractivity contribution in [3.8, 4) is 0 Å². The zero-order valence-electron chi connectivity index (χ0n) is 38.1. The third-order valence-electron chi connectivity index (χ3n) is 10.7. The summed E-state index contributed by atoms with van der Waals surface area (Å²) >= 11 is 0. The third kappa shape index (κ3) is 22.1. The van der Waals surface area contributed by atoms with Crippen molar-refractivity contribution in [2.24, 2.45) is 5.14 Å². The Morgan fingerprint density at radius 2 is 0.968 bits per heavy atom. The number of β-amino-alcohol motifs (C(OH)–C–C–N with tert-alkyl or cyclic N) is 4. The minimum atomic E-state index is -2.82. The maximum Gasteiger partial charge on any atom is 0.251 e. The molecule has 2 aliphatic rings. The minimum absolute atomic E-state index is 0.0150. The van der Waals surface area contributed by atoms with E-state index >= 15 is 0 Å². The number of nitrogens with zero attached hydrogens (tertiary/aromatic N) is 6. The average Bonchev–Trinajstić information content (AvgIpc) is 3.32. The van der Waals surface area contributed by atoms with Crippen LogP contribution in [-0.2, 0) is 27.3 Å². The van der Waals surface area contributed by atoms with Crippen LogP contribution in [0.15, 0.2) is 53.4 Å². The molecule has 0 aromatic heterocycles. The lowest BCUT2D eigenvalue weighted by molar-refractivity contribution is 0.0957. The van der Waals surface area contributed by atoms with Gasteiger partial charge in [0.1, 0.15) is 7.34 Å². The summed E-state index contributed by atoms with van der Waals surface area (Å²) in [6.07, 6.45) is 2.19. The first kappa shape index (κ1) is 54.0. The van der Waals surface area contributed by atoms with E-state index in [1.54, 1.807) is 31.2 Å². The van der Waals surface area contributed by atoms with Crippen molar-refractivity contribution < 1.29 is 38.8 Å². The number of nitrogens with one attached hydrogen (secondary N) is 1. The minimum Gasteiger partial charge on any atom is -0.392 e. The van der Waals surface area contributed by atoms with E-state index in [1.165, 1.54) is 0 Å². The molecule has 0 spiro atoms. The second kappa shape index (κ2) is 27.2. The zero-order valence-corrected chi connectivity index (χ0v) is 39.8. The van der Waals surface area contributed by atoms with Gasteiger partial charge in [-0.2, -0.15) is 0 Å². The number of carbonyl (C=O) groups excluding carboxylic acids is 1. The molecule has 8 N–H and O–H groups in total. The summed E-state index contributed by atoms with van der Waals surface area (Å²) in [5.74, 6) is 3.26. The maximum absolute atomic E-state index is 12.4. The topological polar surface area (TPSA) is 202 Å². The normalized spacial score (nSPS) is 21.5. The largest absolute Gasteiger partial charge is 0.392 e. The van der Waals surface area contributed by atoms with Gasteiger partial charge in [-0.15, -0.1) is 0 Å². The monoisotopic (exact) mass is 911 g/mol. The molecule has 2 aromatic rings. The van der Waals surface area contributed by atoms with Crippen LogP contribution in [0, 0.1) is 0 Å². The molecule has 2 aromatic carbocycles. The Morgan fingerprint density at radius 1 is 0.661 bits per heavy atom. The van der Waals surface area contributed by atoms with Gasteiger partial charge in [-0.25, -0.2) is 4.21 Å². The summed E-state index contributed by atoms with van der Waals surface area (Å²) < 4.78 is 17.1. The maximum atomic E-state index is 12.4. The molecule has 0 saturated carbocycles. The number of benzene rings is 2. The average molecular weight is 911 g/mol. The van der Waals surface area contributed by atoms with Crippen molar-refractivity contribution in [2.75, 3.05) is 118 Å². The van der Waals surface area contributed by atoms with Gasteiger partial charge in [0.25, 0.3) is 5.91 Å². The molecule has 2 aliphatic heterocycles. The summed E-state index contributed by atoms with van der Waals surface area (Å²) in [6, 6.07) is 15.0. The van der Waals surface area contributed by atoms with Gasteiger partial charge in [-0.1, -0.05) is 30.6 Å². The zero-order chi connectivity index (χ0) is 45.9. The van der Waals surface area contributed by atoms with Gasteiger partial charge in [-0.05, 0) is 75.9 Å². The molecule has 0 bridgehead atoms. The van der Waals surface area contributed by atoms with Crippen molar-refractivity contribution in [1.82, 2.24) is 34.7 Å². The number of aliphatic hydroxyl groups excluding tert-OH is 4. The van der Waals surface area contributed by atoms with Gasteiger partial charge >= 0.3 is 0 Å². The first-order valence-corrected chi connectivity index (χ1v) is 25.8. The SMILES string of the molecule is C=P(O)(CNC(=O)c1ccc(CN2CCN(C[C@H](C)O)CCN(C[C@H](C)O)CC2)cc1)OCC.C=S(N)(=O)c1ccc(CN2CCN(C[C@H](C)O)CCN(C[C@H](C)O)CC2)cc1. The van der Waals surface area contributed by atoms with Crippen molar-refractivity contribution in [3.05, 3.63) is 65.2 Å². The first-order valence-electron chi connectivity index (χ1n) is 22.0. The summed E-state index contributed by atoms with van der Waals surface area (Å²) in [4.78, 5) is 36.9. The summed E-state index contributed by atoms with van der Waals surface area (Å²) in [7, 11) is -5.50. The van der Waals surface area contributed by atoms with E-state index in [-0.39, 0.29) is 36.6 Å². The number of hydrogen-bond donors (Lipinski definition) is 7. The lowest BCUT2D eigenvalue weighted by Gasteiger charge is -2.27. The van der Waals surface area contributed by atoms with E-state index in [4.69, 9.17) is 9.66 Å². The van der Waals surface area contributed by atoms with Crippen LogP contribution >= 0.6 is 7.34 Å². The quantitative estimate of drug-likeness (QED) is 0.0814. The fourth-order valence-electron chi connectivity index (χ4n) is 7.60. The van der Waals surface area contributed by atoms with E-state index in [0.29, 0.717) is 43.2 Å². The Bertz CT molecular complexity index is 1690. The number of hydrogen-bond acceptors (Lipinski definition) is 14. The molecule has 62 heavy (non-hydrogen) atoms. The predicted molar refractivity (Wildman–Crippen MR) is 254 cm³/mol. The van der Waals surface area contributed by atoms with E-state index in [0.717, 1.165) is 103 Å². The van der Waals surface area contributed by atoms with Gasteiger partial charge in [0, 0.05) is 128 Å². The second-order valence-corrected chi connectivity index (χ2v) is 21.3. The predicted octanol–water partition coefficient (Wildman–Crippen LogP) is 0.680. The molecule has 6 atom stereocenters. The molecule has 18 heteroatoms. The number of amides is 1. The molecule has 354 valence electrons. The van der Waals surface area contributed by atoms with Crippen LogP contribution < -0.4 is 10.5 Å². The fraction of sp³-hybridized carbons (Fsp3) is 0.659. The standard InChI is InChI=1S/C24H43N4O5P.C20H36N4O3S/c1-5-33-34(4,32)19-25-24(31)23-8-6-22(7-9-23)18-28-14-12-26(16-20(2)29)10-11-27(13-15-28)17-21(3)30;1-17(25)14-22-8-9-23(15-18(2)26)11-13-24(12-10-22)16-19-4-6-20(7-5-19)28(3,21)27/h6-9,20-21,29-30,32H,4-5,10-19H2,1-3H3,(H,25,31);4-7,17-18,25-26H,3,8-16H2,1-2H3,(H2,21,27)/t20-,21-,34?;17-,18-,28?/m00/s1. The molecule has 0 radical (unpaired) electrons. The molecule has 2 unspecified atom stereocenters. The highest BCUT2D eigenvalue weighted by molar-refractivity contribution is 7.98. The Hall–Kier alpha value is -2.29. The van der Waals surface area contributed by atoms with Gasteiger partial charge in [0.2, 0.25) is 0 Å². The van der Waals surface area contributed by atoms with Crippen molar-refractivity contribution in [2.45, 2.75) is 77.0 Å². The molecule has 2 heterocycles. The summed E-state index contributed by atoms with van der Waals surface area (Å²) in [5.41, 5.74) is 2.77. The van der Waals surface area contributed by atoms with Crippen LogP contribution in [0.2, 0.25) is 0 Å². The molecule has 16 nitrogen and oxygen atoms in total. The smallest absolute Gasteiger partial charge is 0.251 e. The highest BCUT2D eigenvalue weighted by atomic mass is 32.2. The Morgan fingerprint density at radius 3 is 1.26 bits per heavy atom. The van der Waals surface area contributed by atoms with Crippen LogP contribution in [0.4, 0.5) is 0 Å². The first-order chi connectivity index (χ1) is 29.2. The van der Waals surface area contributed by atoms with E-state index in [2.05, 4.69) is 46.9 Å². The molecule has 2 saturated heterocycles. The molecule has 1 amide bonds. The van der Waals surface area contributed by atoms with Gasteiger partial charge < -0.3 is 35.2 Å². The van der Waals surface area contributed by atoms with Crippen LogP contribution in [0.3, 0.4) is 0 Å². The Labute approximate surface area is 372 Å². The number of carbonyl (C=O) groups is 1. The van der Waals surface area contributed by atoms with Gasteiger partial charge in [-0.3, -0.25) is 39.3 Å². The summed E-state index contributed by atoms with van der Waals surface area (Å²) in [6.45, 7) is 24.1. The number of rotatable bonds is 18. The van der Waals surface area contributed by atoms with Gasteiger partial charge in [0.05, 0.1) is 47.0 Å². The van der Waals surface area contributed by atoms with Crippen molar-refractivity contribution in [1.29, 1.82) is 0 Å². The second-order valence-electron chi connectivity index (χ2n) is 17.1. The van der Waals surface area contributed by atoms with Crippen molar-refractivity contribution >= 4 is 35.1 Å². The van der Waals surface area contributed by atoms with Crippen LogP contribution in [0.5, 0.6) is 0 Å². The molecular weight excluding hydrogens is 832 g/mol. The van der Waals surface area contributed by atoms with E-state index < -0.39 is 17.0 Å². The van der Waals surface area contributed by atoms with Gasteiger partial charge in [0.15, 0.2) is 0 Å². The molecule has 0 aliphatic carbocycles. The lowest BCUT2D eigenvalue weighted by Crippen LogP contribution is -2.41.